The van der Waals surface area contributed by atoms with Gasteiger partial charge in [0.2, 0.25) is 0 Å². The summed E-state index contributed by atoms with van der Waals surface area (Å²) in [5.41, 5.74) is 0. The van der Waals surface area contributed by atoms with Crippen molar-refractivity contribution in [3.05, 3.63) is 0 Å². The standard InChI is InChI=1S/C15H8F22O4/c16-5(6(17,18)4-2-1-3-38-4)39-14(34,35)8(21,11(26,27)28)41-15(36,37)9(22,12(29,30)31)40-13(32,33)7(19,20)10(23,24)25/h4-5H,1-3H2. The van der Waals surface area contributed by atoms with Crippen LogP contribution in [0.2, 0.25) is 0 Å². The molecule has 1 fully saturated rings. The van der Waals surface area contributed by atoms with Crippen LogP contribution >= 0.6 is 0 Å². The molecule has 41 heavy (non-hydrogen) atoms. The highest BCUT2D eigenvalue weighted by atomic mass is 19.4. The molecule has 1 rings (SSSR count). The van der Waals surface area contributed by atoms with E-state index < -0.39 is 92.3 Å². The molecule has 4 unspecified atom stereocenters. The molecule has 0 amide bonds. The van der Waals surface area contributed by atoms with Gasteiger partial charge in [-0.15, -0.1) is 0 Å². The molecule has 0 N–H and O–H groups in total. The van der Waals surface area contributed by atoms with E-state index in [-0.39, 0.29) is 0 Å². The van der Waals surface area contributed by atoms with Crippen molar-refractivity contribution in [1.82, 2.24) is 0 Å². The topological polar surface area (TPSA) is 36.9 Å². The molecular weight excluding hydrogens is 662 g/mol. The Morgan fingerprint density at radius 1 is 0.537 bits per heavy atom. The molecule has 246 valence electrons. The first-order valence-corrected chi connectivity index (χ1v) is 9.45. The van der Waals surface area contributed by atoms with Crippen LogP contribution in [0.15, 0.2) is 0 Å². The van der Waals surface area contributed by atoms with E-state index in [1.165, 1.54) is 4.74 Å². The average molecular weight is 670 g/mol. The summed E-state index contributed by atoms with van der Waals surface area (Å²) >= 11 is 0. The molecule has 0 bridgehead atoms. The maximum Gasteiger partial charge on any atom is 0.462 e. The lowest BCUT2D eigenvalue weighted by molar-refractivity contribution is -0.575. The molecule has 26 heteroatoms. The summed E-state index contributed by atoms with van der Waals surface area (Å²) < 4.78 is 299. The number of alkyl halides is 22. The summed E-state index contributed by atoms with van der Waals surface area (Å²) in [6.45, 7) is -0.678. The molecule has 0 aromatic rings. The molecule has 0 radical (unpaired) electrons. The fourth-order valence-electron chi connectivity index (χ4n) is 2.52. The van der Waals surface area contributed by atoms with Crippen molar-refractivity contribution in [2.45, 2.75) is 85.7 Å². The number of halogens is 22. The van der Waals surface area contributed by atoms with Crippen LogP contribution < -0.4 is 0 Å². The second kappa shape index (κ2) is 10.5. The Morgan fingerprint density at radius 2 is 0.927 bits per heavy atom. The molecule has 4 nitrogen and oxygen atoms in total. The van der Waals surface area contributed by atoms with Crippen LogP contribution in [-0.2, 0) is 18.9 Å². The highest BCUT2D eigenvalue weighted by molar-refractivity contribution is 4.97. The van der Waals surface area contributed by atoms with Crippen molar-refractivity contribution >= 4 is 0 Å². The van der Waals surface area contributed by atoms with Gasteiger partial charge in [0, 0.05) is 6.61 Å². The zero-order valence-corrected chi connectivity index (χ0v) is 18.2. The Balaban J connectivity index is 3.65. The van der Waals surface area contributed by atoms with Crippen LogP contribution in [-0.4, -0.2) is 79.5 Å². The minimum atomic E-state index is -8.53. The summed E-state index contributed by atoms with van der Waals surface area (Å²) in [7, 11) is 0. The van der Waals surface area contributed by atoms with Gasteiger partial charge in [0.1, 0.15) is 6.10 Å². The van der Waals surface area contributed by atoms with Gasteiger partial charge in [0.25, 0.3) is 6.36 Å². The van der Waals surface area contributed by atoms with Gasteiger partial charge in [0.15, 0.2) is 0 Å². The third-order valence-electron chi connectivity index (χ3n) is 4.65. The first-order valence-electron chi connectivity index (χ1n) is 9.45. The molecule has 0 aromatic carbocycles. The maximum atomic E-state index is 14.2. The van der Waals surface area contributed by atoms with Gasteiger partial charge in [-0.2, -0.15) is 92.2 Å². The Bertz CT molecular complexity index is 904. The molecule has 1 aliphatic heterocycles. The minimum Gasteiger partial charge on any atom is -0.372 e. The Kier molecular flexibility index (Phi) is 9.54. The molecule has 0 aliphatic carbocycles. The van der Waals surface area contributed by atoms with Crippen LogP contribution in [0.4, 0.5) is 96.6 Å². The van der Waals surface area contributed by atoms with Crippen molar-refractivity contribution in [2.24, 2.45) is 0 Å². The smallest absolute Gasteiger partial charge is 0.372 e. The monoisotopic (exact) mass is 670 g/mol. The van der Waals surface area contributed by atoms with E-state index in [2.05, 4.69) is 9.47 Å². The lowest BCUT2D eigenvalue weighted by atomic mass is 10.1. The fraction of sp³-hybridized carbons (Fsp3) is 1.00. The molecule has 0 aromatic heterocycles. The molecule has 1 aliphatic rings. The second-order valence-electron chi connectivity index (χ2n) is 7.62. The summed E-state index contributed by atoms with van der Waals surface area (Å²) in [6, 6.07) is 0. The van der Waals surface area contributed by atoms with Gasteiger partial charge in [0.05, 0.1) is 0 Å². The summed E-state index contributed by atoms with van der Waals surface area (Å²) in [5.74, 6) is -30.4. The van der Waals surface area contributed by atoms with Crippen molar-refractivity contribution in [1.29, 1.82) is 0 Å². The Hall–Kier alpha value is -1.70. The van der Waals surface area contributed by atoms with Crippen molar-refractivity contribution in [2.75, 3.05) is 6.61 Å². The largest absolute Gasteiger partial charge is 0.462 e. The molecular formula is C15H8F22O4. The van der Waals surface area contributed by atoms with Crippen LogP contribution in [0.3, 0.4) is 0 Å². The van der Waals surface area contributed by atoms with Crippen LogP contribution in [0.5, 0.6) is 0 Å². The van der Waals surface area contributed by atoms with Gasteiger partial charge in [-0.25, -0.2) is 4.39 Å². The van der Waals surface area contributed by atoms with E-state index in [0.29, 0.717) is 0 Å². The van der Waals surface area contributed by atoms with Crippen LogP contribution in [0.1, 0.15) is 12.8 Å². The maximum absolute atomic E-state index is 14.2. The van der Waals surface area contributed by atoms with Crippen LogP contribution in [0, 0.1) is 0 Å². The van der Waals surface area contributed by atoms with Crippen molar-refractivity contribution < 1.29 is 116 Å². The molecule has 1 heterocycles. The highest BCUT2D eigenvalue weighted by Gasteiger charge is 2.87. The third kappa shape index (κ3) is 6.47. The van der Waals surface area contributed by atoms with Crippen molar-refractivity contribution in [3.8, 4) is 0 Å². The fourth-order valence-corrected chi connectivity index (χ4v) is 2.52. The number of ether oxygens (including phenoxy) is 4. The van der Waals surface area contributed by atoms with E-state index in [1.54, 1.807) is 0 Å². The van der Waals surface area contributed by atoms with Gasteiger partial charge in [-0.1, -0.05) is 0 Å². The zero-order chi connectivity index (χ0) is 33.1. The van der Waals surface area contributed by atoms with E-state index >= 15 is 0 Å². The first-order chi connectivity index (χ1) is 17.6. The minimum absolute atomic E-state index is 0.400. The average Bonchev–Trinajstić information content (AvgIpc) is 3.25. The molecule has 1 saturated heterocycles. The molecule has 0 saturated carbocycles. The second-order valence-corrected chi connectivity index (χ2v) is 7.62. The number of hydrogen-bond acceptors (Lipinski definition) is 4. The van der Waals surface area contributed by atoms with Gasteiger partial charge >= 0.3 is 60.4 Å². The lowest BCUT2D eigenvalue weighted by Crippen LogP contribution is -2.70. The first kappa shape index (κ1) is 37.3. The molecule has 4 atom stereocenters. The summed E-state index contributed by atoms with van der Waals surface area (Å²) in [6.07, 6.45) is -58.2. The van der Waals surface area contributed by atoms with E-state index in [1.807, 2.05) is 0 Å². The lowest BCUT2D eigenvalue weighted by Gasteiger charge is -2.42. The SMILES string of the molecule is FC(OC(F)(F)C(F)(OC(F)(F)C(F)(OC(F)(F)C(F)(F)C(F)(F)F)C(F)(F)F)C(F)(F)F)C(F)(F)C1CCCO1. The van der Waals surface area contributed by atoms with Gasteiger partial charge < -0.3 is 4.74 Å². The normalized spacial score (nSPS) is 22.8. The summed E-state index contributed by atoms with van der Waals surface area (Å²) in [4.78, 5) is 0. The molecule has 0 spiro atoms. The van der Waals surface area contributed by atoms with Crippen LogP contribution in [0.25, 0.3) is 0 Å². The van der Waals surface area contributed by atoms with E-state index in [0.717, 1.165) is 4.74 Å². The van der Waals surface area contributed by atoms with Crippen molar-refractivity contribution in [3.63, 3.8) is 0 Å². The number of rotatable bonds is 11. The Morgan fingerprint density at radius 3 is 1.27 bits per heavy atom. The van der Waals surface area contributed by atoms with Gasteiger partial charge in [-0.3, -0.25) is 14.2 Å². The Labute approximate surface area is 209 Å². The summed E-state index contributed by atoms with van der Waals surface area (Å²) in [5, 5.41) is 0. The predicted molar refractivity (Wildman–Crippen MR) is 77.7 cm³/mol. The zero-order valence-electron chi connectivity index (χ0n) is 18.2. The van der Waals surface area contributed by atoms with Gasteiger partial charge in [-0.05, 0) is 12.8 Å². The van der Waals surface area contributed by atoms with E-state index in [9.17, 15) is 96.6 Å². The third-order valence-corrected chi connectivity index (χ3v) is 4.65. The highest BCUT2D eigenvalue weighted by Crippen LogP contribution is 2.58. The van der Waals surface area contributed by atoms with E-state index in [4.69, 9.17) is 0 Å². The quantitative estimate of drug-likeness (QED) is 0.213. The predicted octanol–water partition coefficient (Wildman–Crippen LogP) is 7.58. The number of hydrogen-bond donors (Lipinski definition) is 0.